The van der Waals surface area contributed by atoms with Crippen LogP contribution in [0.4, 0.5) is 0 Å². The van der Waals surface area contributed by atoms with Crippen molar-refractivity contribution in [3.8, 4) is 0 Å². The first-order chi connectivity index (χ1) is 7.61. The molecular formula is C7H18BN4O3P. The summed E-state index contributed by atoms with van der Waals surface area (Å²) in [4.78, 5) is 22.1. The molecule has 0 heterocycles. The molecule has 1 unspecified atom stereocenters. The van der Waals surface area contributed by atoms with E-state index in [0.717, 1.165) is 0 Å². The molecule has 16 heavy (non-hydrogen) atoms. The maximum absolute atomic E-state index is 11.1. The molecule has 0 aliphatic rings. The van der Waals surface area contributed by atoms with Crippen molar-refractivity contribution in [1.82, 2.24) is 15.7 Å². The molecule has 92 valence electrons. The van der Waals surface area contributed by atoms with Gasteiger partial charge in [-0.25, -0.2) is 0 Å². The van der Waals surface area contributed by atoms with Gasteiger partial charge >= 0.3 is 0 Å². The molecule has 1 atom stereocenters. The number of rotatable bonds is 7. The Morgan fingerprint density at radius 2 is 2.25 bits per heavy atom. The number of hydrazine groups is 1. The van der Waals surface area contributed by atoms with E-state index in [1.165, 1.54) is 11.9 Å². The summed E-state index contributed by atoms with van der Waals surface area (Å²) in [5, 5.41) is 12.8. The van der Waals surface area contributed by atoms with E-state index in [9.17, 15) is 9.59 Å². The van der Waals surface area contributed by atoms with E-state index in [1.54, 1.807) is 0 Å². The summed E-state index contributed by atoms with van der Waals surface area (Å²) in [6.07, 6.45) is 0.160. The fraction of sp³-hybridized carbons (Fsp3) is 0.714. The second-order valence-corrected chi connectivity index (χ2v) is 4.16. The van der Waals surface area contributed by atoms with Crippen molar-refractivity contribution in [2.75, 3.05) is 26.0 Å². The van der Waals surface area contributed by atoms with Crippen molar-refractivity contribution in [2.45, 2.75) is 6.92 Å². The Bertz CT molecular complexity index is 232. The molecule has 0 aromatic rings. The Morgan fingerprint density at radius 1 is 1.56 bits per heavy atom. The van der Waals surface area contributed by atoms with Crippen molar-refractivity contribution in [3.05, 3.63) is 0 Å². The maximum atomic E-state index is 11.1. The highest BCUT2D eigenvalue weighted by Gasteiger charge is 2.10. The monoisotopic (exact) mass is 248 g/mol. The highest BCUT2D eigenvalue weighted by molar-refractivity contribution is 7.70. The molecule has 2 amide bonds. The van der Waals surface area contributed by atoms with Gasteiger partial charge in [-0.1, -0.05) is 0 Å². The highest BCUT2D eigenvalue weighted by atomic mass is 31.1. The molecule has 0 fully saturated rings. The van der Waals surface area contributed by atoms with Gasteiger partial charge in [0.25, 0.3) is 5.91 Å². The quantitative estimate of drug-likeness (QED) is 0.170. The van der Waals surface area contributed by atoms with Crippen LogP contribution in [-0.2, 0) is 9.59 Å². The molecule has 0 saturated heterocycles. The van der Waals surface area contributed by atoms with Crippen molar-refractivity contribution in [1.29, 1.82) is 0 Å². The normalized spacial score (nSPS) is 10.4. The molecule has 0 aliphatic heterocycles. The maximum Gasteiger partial charge on any atom is 0.252 e. The van der Waals surface area contributed by atoms with E-state index in [0.29, 0.717) is 28.7 Å². The van der Waals surface area contributed by atoms with Gasteiger partial charge in [0, 0.05) is 13.5 Å². The molecule has 0 aromatic carbocycles. The number of carbonyl (C=O) groups is 2. The molecule has 0 saturated carbocycles. The molecule has 7 nitrogen and oxygen atoms in total. The van der Waals surface area contributed by atoms with Gasteiger partial charge in [-0.3, -0.25) is 20.0 Å². The minimum Gasteiger partial charge on any atom is -0.393 e. The first-order valence-electron chi connectivity index (χ1n) is 4.91. The summed E-state index contributed by atoms with van der Waals surface area (Å²) in [5.41, 5.74) is 7.51. The summed E-state index contributed by atoms with van der Waals surface area (Å²) < 4.78 is 0. The lowest BCUT2D eigenvalue weighted by Gasteiger charge is -2.21. The van der Waals surface area contributed by atoms with Crippen LogP contribution in [0.1, 0.15) is 6.92 Å². The average Bonchev–Trinajstić information content (AvgIpc) is 2.26. The predicted octanol–water partition coefficient (Wildman–Crippen LogP) is -2.69. The van der Waals surface area contributed by atoms with Gasteiger partial charge in [-0.15, -0.1) is 8.46 Å². The first-order valence-corrected chi connectivity index (χ1v) is 6.33. The Balaban J connectivity index is 3.77. The van der Waals surface area contributed by atoms with Gasteiger partial charge in [-0.2, -0.15) is 0 Å². The molecule has 0 rings (SSSR count). The number of hydrogen-bond donors (Lipinski definition) is 4. The zero-order chi connectivity index (χ0) is 12.4. The standard InChI is InChI=1S/C7H18BN4O3P/c1-6(14)12(11-7(15)4-9)3-2-10-8-16-5-13/h8,10,13,16H,2-5,9H2,1H3,(H,11,15). The highest BCUT2D eigenvalue weighted by Crippen LogP contribution is 1.98. The molecule has 0 spiro atoms. The average molecular weight is 248 g/mol. The number of carbonyl (C=O) groups excluding carboxylic acids is 2. The predicted molar refractivity (Wildman–Crippen MR) is 65.1 cm³/mol. The van der Waals surface area contributed by atoms with Crippen LogP contribution in [0, 0.1) is 0 Å². The van der Waals surface area contributed by atoms with E-state index in [4.69, 9.17) is 10.8 Å². The Morgan fingerprint density at radius 3 is 2.75 bits per heavy atom. The SMILES string of the molecule is CC(=O)N(CCNBPCO)NC(=O)CN. The minimum atomic E-state index is -0.396. The van der Waals surface area contributed by atoms with Gasteiger partial charge in [0.1, 0.15) is 0 Å². The van der Waals surface area contributed by atoms with Gasteiger partial charge in [0.15, 0.2) is 0 Å². The third-order valence-corrected chi connectivity index (χ3v) is 2.42. The number of aliphatic hydroxyl groups excluding tert-OH is 1. The lowest BCUT2D eigenvalue weighted by molar-refractivity contribution is -0.139. The third-order valence-electron chi connectivity index (χ3n) is 1.70. The third kappa shape index (κ3) is 7.59. The molecule has 9 heteroatoms. The van der Waals surface area contributed by atoms with Crippen LogP contribution in [0.25, 0.3) is 0 Å². The fourth-order valence-corrected chi connectivity index (χ4v) is 1.38. The minimum absolute atomic E-state index is 0.150. The Labute approximate surface area is 97.1 Å². The van der Waals surface area contributed by atoms with Crippen LogP contribution < -0.4 is 16.4 Å². The zero-order valence-electron chi connectivity index (χ0n) is 9.32. The van der Waals surface area contributed by atoms with Crippen LogP contribution in [0.3, 0.4) is 0 Å². The smallest absolute Gasteiger partial charge is 0.252 e. The molecular weight excluding hydrogens is 230 g/mol. The number of hydrogen-bond acceptors (Lipinski definition) is 5. The van der Waals surface area contributed by atoms with Crippen molar-refractivity contribution >= 4 is 27.4 Å². The first kappa shape index (κ1) is 15.3. The molecule has 5 N–H and O–H groups in total. The van der Waals surface area contributed by atoms with Crippen LogP contribution in [-0.4, -0.2) is 55.0 Å². The molecule has 0 aliphatic carbocycles. The second kappa shape index (κ2) is 9.53. The van der Waals surface area contributed by atoms with Gasteiger partial charge in [-0.05, 0) is 0 Å². The Hall–Kier alpha value is -0.685. The number of nitrogens with two attached hydrogens (primary N) is 1. The summed E-state index contributed by atoms with van der Waals surface area (Å²) in [7, 11) is 1.14. The molecule has 0 bridgehead atoms. The summed E-state index contributed by atoms with van der Waals surface area (Å²) in [6, 6.07) is 0. The van der Waals surface area contributed by atoms with Crippen molar-refractivity contribution in [3.63, 3.8) is 0 Å². The van der Waals surface area contributed by atoms with E-state index in [1.807, 2.05) is 0 Å². The van der Waals surface area contributed by atoms with Crippen molar-refractivity contribution < 1.29 is 14.7 Å². The van der Waals surface area contributed by atoms with Crippen LogP contribution in [0.15, 0.2) is 0 Å². The van der Waals surface area contributed by atoms with Crippen molar-refractivity contribution in [2.24, 2.45) is 5.73 Å². The Kier molecular flexibility index (Phi) is 9.13. The van der Waals surface area contributed by atoms with Crippen LogP contribution in [0.5, 0.6) is 0 Å². The van der Waals surface area contributed by atoms with E-state index in [2.05, 4.69) is 10.7 Å². The summed E-state index contributed by atoms with van der Waals surface area (Å²) in [6.45, 7) is 2.14. The number of aliphatic hydroxyl groups is 1. The largest absolute Gasteiger partial charge is 0.393 e. The van der Waals surface area contributed by atoms with Gasteiger partial charge in [0.05, 0.1) is 19.4 Å². The van der Waals surface area contributed by atoms with Gasteiger partial charge < -0.3 is 16.1 Å². The zero-order valence-corrected chi connectivity index (χ0v) is 10.3. The lowest BCUT2D eigenvalue weighted by Crippen LogP contribution is -2.49. The number of nitrogens with one attached hydrogen (secondary N) is 2. The van der Waals surface area contributed by atoms with E-state index in [-0.39, 0.29) is 18.8 Å². The second-order valence-electron chi connectivity index (χ2n) is 2.99. The number of nitrogens with zero attached hydrogens (tertiary/aromatic N) is 1. The van der Waals surface area contributed by atoms with Gasteiger partial charge in [0.2, 0.25) is 13.0 Å². The summed E-state index contributed by atoms with van der Waals surface area (Å²) >= 11 is 0. The molecule has 0 aromatic heterocycles. The fourth-order valence-electron chi connectivity index (χ4n) is 0.912. The lowest BCUT2D eigenvalue weighted by atomic mass is 10.4. The molecule has 0 radical (unpaired) electrons. The van der Waals surface area contributed by atoms with E-state index >= 15 is 0 Å². The topological polar surface area (TPSA) is 108 Å². The summed E-state index contributed by atoms with van der Waals surface area (Å²) in [5.74, 6) is -0.638. The van der Waals surface area contributed by atoms with Crippen LogP contribution >= 0.6 is 8.46 Å². The number of amides is 2. The van der Waals surface area contributed by atoms with Crippen LogP contribution in [0.2, 0.25) is 0 Å². The van der Waals surface area contributed by atoms with E-state index < -0.39 is 5.91 Å².